The lowest BCUT2D eigenvalue weighted by Crippen LogP contribution is -2.25. The van der Waals surface area contributed by atoms with E-state index in [1.54, 1.807) is 18.4 Å². The zero-order valence-electron chi connectivity index (χ0n) is 10.4. The molecule has 17 heavy (non-hydrogen) atoms. The maximum atomic E-state index is 11.9. The Hall–Kier alpha value is -1.58. The Morgan fingerprint density at radius 1 is 1.47 bits per heavy atom. The molecule has 0 amide bonds. The molecule has 92 valence electrons. The van der Waals surface area contributed by atoms with Crippen molar-refractivity contribution in [3.63, 3.8) is 0 Å². The van der Waals surface area contributed by atoms with Crippen LogP contribution in [-0.4, -0.2) is 17.1 Å². The molecule has 4 heteroatoms. The number of aryl methyl sites for hydroxylation is 1. The van der Waals surface area contributed by atoms with Crippen molar-refractivity contribution >= 4 is 5.97 Å². The molecule has 1 fully saturated rings. The zero-order chi connectivity index (χ0) is 12.6. The van der Waals surface area contributed by atoms with Gasteiger partial charge in [-0.2, -0.15) is 0 Å². The van der Waals surface area contributed by atoms with Crippen molar-refractivity contribution in [2.45, 2.75) is 39.7 Å². The highest BCUT2D eigenvalue weighted by molar-refractivity contribution is 5.92. The number of aromatic nitrogens is 1. The monoisotopic (exact) mass is 235 g/mol. The fourth-order valence-electron chi connectivity index (χ4n) is 2.20. The molecule has 1 aliphatic rings. The molecule has 0 N–H and O–H groups in total. The first-order valence-electron chi connectivity index (χ1n) is 5.96. The molecule has 0 atom stereocenters. The number of nitrogens with zero attached hydrogens (tertiary/aromatic N) is 1. The Bertz CT molecular complexity index is 512. The average molecular weight is 235 g/mol. The molecule has 0 bridgehead atoms. The van der Waals surface area contributed by atoms with Crippen LogP contribution < -0.4 is 5.56 Å². The van der Waals surface area contributed by atoms with E-state index in [1.807, 2.05) is 6.92 Å². The number of esters is 1. The third-order valence-electron chi connectivity index (χ3n) is 3.09. The quantitative estimate of drug-likeness (QED) is 0.753. The van der Waals surface area contributed by atoms with Gasteiger partial charge in [-0.05, 0) is 39.2 Å². The molecule has 0 radical (unpaired) electrons. The van der Waals surface area contributed by atoms with Crippen molar-refractivity contribution in [3.05, 3.63) is 33.2 Å². The third kappa shape index (κ3) is 2.12. The van der Waals surface area contributed by atoms with Crippen molar-refractivity contribution in [1.82, 2.24) is 4.57 Å². The van der Waals surface area contributed by atoms with Crippen molar-refractivity contribution in [1.29, 1.82) is 0 Å². The maximum Gasteiger partial charge on any atom is 0.340 e. The summed E-state index contributed by atoms with van der Waals surface area (Å²) in [7, 11) is 0. The summed E-state index contributed by atoms with van der Waals surface area (Å²) < 4.78 is 6.75. The van der Waals surface area contributed by atoms with Gasteiger partial charge in [-0.3, -0.25) is 4.79 Å². The van der Waals surface area contributed by atoms with Gasteiger partial charge in [0.15, 0.2) is 0 Å². The van der Waals surface area contributed by atoms with Crippen LogP contribution in [0.3, 0.4) is 0 Å². The fourth-order valence-corrected chi connectivity index (χ4v) is 2.20. The molecule has 0 aliphatic heterocycles. The van der Waals surface area contributed by atoms with Gasteiger partial charge in [-0.15, -0.1) is 0 Å². The van der Waals surface area contributed by atoms with Gasteiger partial charge in [0.05, 0.1) is 12.2 Å². The maximum absolute atomic E-state index is 11.9. The van der Waals surface area contributed by atoms with Gasteiger partial charge in [-0.25, -0.2) is 4.79 Å². The molecule has 1 saturated carbocycles. The van der Waals surface area contributed by atoms with Crippen molar-refractivity contribution in [2.75, 3.05) is 6.61 Å². The zero-order valence-corrected chi connectivity index (χ0v) is 10.4. The Morgan fingerprint density at radius 2 is 2.12 bits per heavy atom. The Morgan fingerprint density at radius 3 is 2.65 bits per heavy atom. The highest BCUT2D eigenvalue weighted by Crippen LogP contribution is 2.35. The summed E-state index contributed by atoms with van der Waals surface area (Å²) in [6, 6.07) is 1.80. The van der Waals surface area contributed by atoms with Gasteiger partial charge >= 0.3 is 5.97 Å². The second-order valence-electron chi connectivity index (χ2n) is 4.45. The van der Waals surface area contributed by atoms with Crippen LogP contribution in [0.4, 0.5) is 0 Å². The number of rotatable bonds is 3. The molecule has 1 aromatic heterocycles. The van der Waals surface area contributed by atoms with Crippen molar-refractivity contribution in [2.24, 2.45) is 0 Å². The molecule has 0 spiro atoms. The lowest BCUT2D eigenvalue weighted by molar-refractivity contribution is 0.0523. The second kappa shape index (κ2) is 4.35. The Labute approximate surface area is 100 Å². The number of carbonyl (C=O) groups is 1. The van der Waals surface area contributed by atoms with Crippen LogP contribution in [0.15, 0.2) is 10.9 Å². The molecule has 1 heterocycles. The van der Waals surface area contributed by atoms with Gasteiger partial charge in [0.2, 0.25) is 0 Å². The Balaban J connectivity index is 2.54. The lowest BCUT2D eigenvalue weighted by atomic mass is 10.1. The fraction of sp³-hybridized carbons (Fsp3) is 0.538. The third-order valence-corrected chi connectivity index (χ3v) is 3.09. The molecule has 2 rings (SSSR count). The number of pyridine rings is 1. The highest BCUT2D eigenvalue weighted by atomic mass is 16.5. The summed E-state index contributed by atoms with van der Waals surface area (Å²) in [4.78, 5) is 23.7. The summed E-state index contributed by atoms with van der Waals surface area (Å²) in [5.41, 5.74) is 1.95. The van der Waals surface area contributed by atoms with Crippen LogP contribution in [0.5, 0.6) is 0 Å². The van der Waals surface area contributed by atoms with E-state index < -0.39 is 0 Å². The van der Waals surface area contributed by atoms with Crippen LogP contribution in [0, 0.1) is 13.8 Å². The van der Waals surface area contributed by atoms with Gasteiger partial charge in [0.1, 0.15) is 0 Å². The lowest BCUT2D eigenvalue weighted by Gasteiger charge is -2.14. The molecule has 0 unspecified atom stereocenters. The first-order chi connectivity index (χ1) is 8.06. The van der Waals surface area contributed by atoms with Crippen molar-refractivity contribution in [3.8, 4) is 0 Å². The van der Waals surface area contributed by atoms with E-state index in [-0.39, 0.29) is 17.6 Å². The first kappa shape index (κ1) is 11.9. The van der Waals surface area contributed by atoms with Crippen molar-refractivity contribution < 1.29 is 9.53 Å². The molecular formula is C13H17NO3. The van der Waals surface area contributed by atoms with E-state index in [0.717, 1.165) is 18.5 Å². The van der Waals surface area contributed by atoms with Crippen LogP contribution in [0.25, 0.3) is 0 Å². The number of carbonyl (C=O) groups excluding carboxylic acids is 1. The molecule has 4 nitrogen and oxygen atoms in total. The van der Waals surface area contributed by atoms with Crippen LogP contribution >= 0.6 is 0 Å². The van der Waals surface area contributed by atoms with Gasteiger partial charge in [0, 0.05) is 17.8 Å². The number of hydrogen-bond donors (Lipinski definition) is 0. The Kier molecular flexibility index (Phi) is 3.05. The summed E-state index contributed by atoms with van der Waals surface area (Å²) in [6.45, 7) is 5.72. The number of ether oxygens (including phenoxy) is 1. The van der Waals surface area contributed by atoms with Crippen LogP contribution in [0.1, 0.15) is 47.4 Å². The predicted molar refractivity (Wildman–Crippen MR) is 64.4 cm³/mol. The summed E-state index contributed by atoms with van der Waals surface area (Å²) >= 11 is 0. The second-order valence-corrected chi connectivity index (χ2v) is 4.45. The first-order valence-corrected chi connectivity index (χ1v) is 5.96. The summed E-state index contributed by atoms with van der Waals surface area (Å²) in [5, 5.41) is 0. The summed E-state index contributed by atoms with van der Waals surface area (Å²) in [5.74, 6) is -0.336. The van der Waals surface area contributed by atoms with Gasteiger partial charge in [-0.1, -0.05) is 0 Å². The standard InChI is InChI=1S/C13H17NO3/c1-4-17-13(16)12-8(2)7-11(15)14(9(12)3)10-5-6-10/h7,10H,4-6H2,1-3H3. The molecule has 1 aliphatic carbocycles. The minimum absolute atomic E-state index is 0.0180. The molecular weight excluding hydrogens is 218 g/mol. The van der Waals surface area contributed by atoms with E-state index in [4.69, 9.17) is 4.74 Å². The highest BCUT2D eigenvalue weighted by Gasteiger charge is 2.28. The van der Waals surface area contributed by atoms with Crippen LogP contribution in [-0.2, 0) is 4.74 Å². The minimum atomic E-state index is -0.336. The molecule has 1 aromatic rings. The van der Waals surface area contributed by atoms with E-state index in [9.17, 15) is 9.59 Å². The van der Waals surface area contributed by atoms with E-state index in [1.165, 1.54) is 6.07 Å². The van der Waals surface area contributed by atoms with E-state index in [2.05, 4.69) is 0 Å². The number of hydrogen-bond acceptors (Lipinski definition) is 3. The normalized spacial score (nSPS) is 14.8. The molecule has 0 aromatic carbocycles. The van der Waals surface area contributed by atoms with E-state index in [0.29, 0.717) is 17.7 Å². The van der Waals surface area contributed by atoms with E-state index >= 15 is 0 Å². The smallest absolute Gasteiger partial charge is 0.340 e. The predicted octanol–water partition coefficient (Wildman–Crippen LogP) is 1.98. The average Bonchev–Trinajstić information content (AvgIpc) is 3.01. The minimum Gasteiger partial charge on any atom is -0.462 e. The SMILES string of the molecule is CCOC(=O)c1c(C)cc(=O)n(C2CC2)c1C. The van der Waals surface area contributed by atoms with Gasteiger partial charge < -0.3 is 9.30 Å². The van der Waals surface area contributed by atoms with Crippen LogP contribution in [0.2, 0.25) is 0 Å². The summed E-state index contributed by atoms with van der Waals surface area (Å²) in [6.07, 6.45) is 2.04. The van der Waals surface area contributed by atoms with Gasteiger partial charge in [0.25, 0.3) is 5.56 Å². The molecule has 0 saturated heterocycles. The largest absolute Gasteiger partial charge is 0.462 e. The topological polar surface area (TPSA) is 48.3 Å².